The van der Waals surface area contributed by atoms with Crippen LogP contribution in [-0.2, 0) is 6.54 Å². The van der Waals surface area contributed by atoms with Gasteiger partial charge in [0.15, 0.2) is 0 Å². The van der Waals surface area contributed by atoms with E-state index in [4.69, 9.17) is 4.74 Å². The number of hydrogen-bond donors (Lipinski definition) is 0. The van der Waals surface area contributed by atoms with Crippen LogP contribution >= 0.6 is 0 Å². The highest BCUT2D eigenvalue weighted by molar-refractivity contribution is 5.94. The number of pyridine rings is 1. The second-order valence-corrected chi connectivity index (χ2v) is 7.39. The Morgan fingerprint density at radius 1 is 1.28 bits per heavy atom. The maximum absolute atomic E-state index is 13.2. The molecule has 1 aliphatic carbocycles. The van der Waals surface area contributed by atoms with Crippen molar-refractivity contribution in [2.75, 3.05) is 0 Å². The molecular weight excluding hydrogens is 366 g/mol. The molecular formula is C22H25N5O2. The fourth-order valence-electron chi connectivity index (χ4n) is 3.11. The molecule has 1 aliphatic rings. The number of carbonyl (C=O) groups is 1. The van der Waals surface area contributed by atoms with Gasteiger partial charge in [0.25, 0.3) is 5.91 Å². The van der Waals surface area contributed by atoms with E-state index in [1.165, 1.54) is 6.33 Å². The van der Waals surface area contributed by atoms with E-state index >= 15 is 0 Å². The molecule has 29 heavy (non-hydrogen) atoms. The van der Waals surface area contributed by atoms with Gasteiger partial charge in [0.05, 0.1) is 11.8 Å². The van der Waals surface area contributed by atoms with Crippen molar-refractivity contribution in [2.24, 2.45) is 0 Å². The Kier molecular flexibility index (Phi) is 5.55. The molecule has 0 bridgehead atoms. The second kappa shape index (κ2) is 8.43. The van der Waals surface area contributed by atoms with E-state index in [-0.39, 0.29) is 12.0 Å². The third-order valence-electron chi connectivity index (χ3n) is 5.10. The number of amides is 1. The monoisotopic (exact) mass is 391 g/mol. The summed E-state index contributed by atoms with van der Waals surface area (Å²) in [6.07, 6.45) is 7.86. The normalized spacial score (nSPS) is 14.4. The molecule has 3 aromatic rings. The summed E-state index contributed by atoms with van der Waals surface area (Å²) in [5.74, 6) is 0.516. The van der Waals surface area contributed by atoms with Crippen molar-refractivity contribution in [2.45, 2.75) is 51.8 Å². The minimum Gasteiger partial charge on any atom is -0.475 e. The van der Waals surface area contributed by atoms with Crippen LogP contribution in [0.1, 0.15) is 49.0 Å². The molecule has 1 aromatic carbocycles. The molecule has 7 heteroatoms. The predicted molar refractivity (Wildman–Crippen MR) is 109 cm³/mol. The molecule has 2 heterocycles. The van der Waals surface area contributed by atoms with Gasteiger partial charge in [-0.05, 0) is 49.9 Å². The predicted octanol–water partition coefficient (Wildman–Crippen LogP) is 3.64. The molecule has 150 valence electrons. The minimum atomic E-state index is 0.0178. The van der Waals surface area contributed by atoms with E-state index in [1.54, 1.807) is 29.3 Å². The molecule has 0 unspecified atom stereocenters. The Bertz CT molecular complexity index is 952. The van der Waals surface area contributed by atoms with E-state index in [9.17, 15) is 4.79 Å². The van der Waals surface area contributed by atoms with Crippen molar-refractivity contribution in [3.05, 3.63) is 66.4 Å². The summed E-state index contributed by atoms with van der Waals surface area (Å²) in [6.45, 7) is 4.63. The first-order valence-electron chi connectivity index (χ1n) is 10.0. The van der Waals surface area contributed by atoms with Gasteiger partial charge < -0.3 is 9.64 Å². The van der Waals surface area contributed by atoms with Gasteiger partial charge in [-0.25, -0.2) is 14.6 Å². The first-order valence-corrected chi connectivity index (χ1v) is 10.0. The quantitative estimate of drug-likeness (QED) is 0.586. The molecule has 0 aliphatic heterocycles. The van der Waals surface area contributed by atoms with Crippen LogP contribution in [0.3, 0.4) is 0 Å². The molecule has 0 saturated heterocycles. The molecule has 2 aromatic heterocycles. The molecule has 1 fully saturated rings. The SMILES string of the molecule is CC[C@H](C)Oc1cc(C(=O)N(Cc2ccc(-n3cncn3)cc2)C2CC2)ccn1. The van der Waals surface area contributed by atoms with Gasteiger partial charge in [-0.15, -0.1) is 0 Å². The number of benzene rings is 1. The van der Waals surface area contributed by atoms with Crippen molar-refractivity contribution in [3.8, 4) is 11.6 Å². The highest BCUT2D eigenvalue weighted by Gasteiger charge is 2.33. The number of hydrogen-bond acceptors (Lipinski definition) is 5. The molecule has 0 N–H and O–H groups in total. The Labute approximate surface area is 170 Å². The third kappa shape index (κ3) is 4.62. The lowest BCUT2D eigenvalue weighted by Gasteiger charge is -2.23. The average Bonchev–Trinajstić information content (AvgIpc) is 3.45. The van der Waals surface area contributed by atoms with Gasteiger partial charge in [0.2, 0.25) is 5.88 Å². The van der Waals surface area contributed by atoms with Gasteiger partial charge in [-0.2, -0.15) is 5.10 Å². The number of carbonyl (C=O) groups excluding carboxylic acids is 1. The molecule has 4 rings (SSSR count). The van der Waals surface area contributed by atoms with Gasteiger partial charge in [-0.3, -0.25) is 4.79 Å². The summed E-state index contributed by atoms with van der Waals surface area (Å²) in [4.78, 5) is 23.4. The van der Waals surface area contributed by atoms with E-state index in [0.29, 0.717) is 24.0 Å². The van der Waals surface area contributed by atoms with E-state index in [2.05, 4.69) is 22.0 Å². The first kappa shape index (κ1) is 19.1. The lowest BCUT2D eigenvalue weighted by atomic mass is 10.1. The van der Waals surface area contributed by atoms with Crippen molar-refractivity contribution in [1.29, 1.82) is 0 Å². The third-order valence-corrected chi connectivity index (χ3v) is 5.10. The van der Waals surface area contributed by atoms with Gasteiger partial charge >= 0.3 is 0 Å². The number of aromatic nitrogens is 4. The number of ether oxygens (including phenoxy) is 1. The largest absolute Gasteiger partial charge is 0.475 e. The Balaban J connectivity index is 1.49. The molecule has 0 spiro atoms. The fourth-order valence-corrected chi connectivity index (χ4v) is 3.11. The zero-order valence-electron chi connectivity index (χ0n) is 16.7. The number of rotatable bonds is 8. The van der Waals surface area contributed by atoms with Crippen molar-refractivity contribution >= 4 is 5.91 Å². The van der Waals surface area contributed by atoms with E-state index in [0.717, 1.165) is 30.5 Å². The summed E-state index contributed by atoms with van der Waals surface area (Å²) in [6, 6.07) is 11.8. The van der Waals surface area contributed by atoms with Crippen LogP contribution < -0.4 is 4.74 Å². The van der Waals surface area contributed by atoms with Gasteiger partial charge in [0, 0.05) is 30.4 Å². The lowest BCUT2D eigenvalue weighted by molar-refractivity contribution is 0.0728. The van der Waals surface area contributed by atoms with Crippen LogP contribution in [0.25, 0.3) is 5.69 Å². The molecule has 1 atom stereocenters. The van der Waals surface area contributed by atoms with Gasteiger partial charge in [-0.1, -0.05) is 19.1 Å². The number of nitrogens with zero attached hydrogens (tertiary/aromatic N) is 5. The highest BCUT2D eigenvalue weighted by Crippen LogP contribution is 2.30. The lowest BCUT2D eigenvalue weighted by Crippen LogP contribution is -2.32. The first-order chi connectivity index (χ1) is 14.1. The standard InChI is InChI=1S/C22H25N5O2/c1-3-16(2)29-21-12-18(10-11-24-21)22(28)26(19-8-9-19)13-17-4-6-20(7-5-17)27-15-23-14-25-27/h4-7,10-12,14-16,19H,3,8-9,13H2,1-2H3/t16-/m0/s1. The summed E-state index contributed by atoms with van der Waals surface area (Å²) < 4.78 is 7.49. The summed E-state index contributed by atoms with van der Waals surface area (Å²) >= 11 is 0. The maximum Gasteiger partial charge on any atom is 0.254 e. The van der Waals surface area contributed by atoms with E-state index in [1.807, 2.05) is 36.1 Å². The Morgan fingerprint density at radius 2 is 2.07 bits per heavy atom. The maximum atomic E-state index is 13.2. The van der Waals surface area contributed by atoms with Crippen molar-refractivity contribution < 1.29 is 9.53 Å². The van der Waals surface area contributed by atoms with Crippen LogP contribution in [-0.4, -0.2) is 42.7 Å². The molecule has 7 nitrogen and oxygen atoms in total. The average molecular weight is 391 g/mol. The van der Waals surface area contributed by atoms with Crippen LogP contribution in [0.4, 0.5) is 0 Å². The molecule has 1 saturated carbocycles. The Hall–Kier alpha value is -3.22. The fraction of sp³-hybridized carbons (Fsp3) is 0.364. The molecule has 0 radical (unpaired) electrons. The van der Waals surface area contributed by atoms with Crippen LogP contribution in [0, 0.1) is 0 Å². The summed E-state index contributed by atoms with van der Waals surface area (Å²) in [5, 5.41) is 4.14. The smallest absolute Gasteiger partial charge is 0.254 e. The zero-order valence-corrected chi connectivity index (χ0v) is 16.7. The topological polar surface area (TPSA) is 73.1 Å². The molecule has 1 amide bonds. The summed E-state index contributed by atoms with van der Waals surface area (Å²) in [5.41, 5.74) is 2.64. The van der Waals surface area contributed by atoms with Gasteiger partial charge in [0.1, 0.15) is 12.7 Å². The Morgan fingerprint density at radius 3 is 2.72 bits per heavy atom. The van der Waals surface area contributed by atoms with E-state index < -0.39 is 0 Å². The second-order valence-electron chi connectivity index (χ2n) is 7.39. The van der Waals surface area contributed by atoms with Crippen molar-refractivity contribution in [3.63, 3.8) is 0 Å². The van der Waals surface area contributed by atoms with Crippen molar-refractivity contribution in [1.82, 2.24) is 24.6 Å². The summed E-state index contributed by atoms with van der Waals surface area (Å²) in [7, 11) is 0. The van der Waals surface area contributed by atoms with Crippen LogP contribution in [0.5, 0.6) is 5.88 Å². The van der Waals surface area contributed by atoms with Crippen LogP contribution in [0.2, 0.25) is 0 Å². The van der Waals surface area contributed by atoms with Crippen LogP contribution in [0.15, 0.2) is 55.2 Å². The zero-order chi connectivity index (χ0) is 20.2. The highest BCUT2D eigenvalue weighted by atomic mass is 16.5. The minimum absolute atomic E-state index is 0.0178.